The molecule has 31 heavy (non-hydrogen) atoms. The zero-order valence-corrected chi connectivity index (χ0v) is 18.4. The van der Waals surface area contributed by atoms with Crippen molar-refractivity contribution >= 4 is 22.8 Å². The number of hydrogen-bond acceptors (Lipinski definition) is 5. The number of nitrogens with one attached hydrogen (secondary N) is 1. The molecule has 3 heterocycles. The summed E-state index contributed by atoms with van der Waals surface area (Å²) in [5.74, 6) is 1.05. The summed E-state index contributed by atoms with van der Waals surface area (Å²) in [6.45, 7) is 7.47. The smallest absolute Gasteiger partial charge is 0.305 e. The topological polar surface area (TPSA) is 72.8 Å². The van der Waals surface area contributed by atoms with E-state index >= 15 is 0 Å². The van der Waals surface area contributed by atoms with Crippen molar-refractivity contribution in [2.75, 3.05) is 39.4 Å². The molecule has 1 N–H and O–H groups in total. The molecule has 4 rings (SSSR count). The second-order valence-corrected chi connectivity index (χ2v) is 8.45. The van der Waals surface area contributed by atoms with Gasteiger partial charge in [-0.25, -0.2) is 0 Å². The number of aromatic nitrogens is 1. The molecule has 1 aromatic heterocycles. The summed E-state index contributed by atoms with van der Waals surface area (Å²) in [7, 11) is 0. The normalized spacial score (nSPS) is 17.2. The Balaban J connectivity index is 1.28. The van der Waals surface area contributed by atoms with E-state index < -0.39 is 0 Å². The van der Waals surface area contributed by atoms with E-state index in [1.807, 2.05) is 25.1 Å². The van der Waals surface area contributed by atoms with Crippen molar-refractivity contribution in [1.82, 2.24) is 14.8 Å². The molecule has 1 saturated heterocycles. The van der Waals surface area contributed by atoms with Crippen molar-refractivity contribution < 1.29 is 19.1 Å². The van der Waals surface area contributed by atoms with Gasteiger partial charge in [-0.1, -0.05) is 18.2 Å². The van der Waals surface area contributed by atoms with Crippen molar-refractivity contribution in [2.24, 2.45) is 5.92 Å². The van der Waals surface area contributed by atoms with Gasteiger partial charge in [0.25, 0.3) is 5.91 Å². The molecule has 7 heteroatoms. The van der Waals surface area contributed by atoms with Gasteiger partial charge >= 0.3 is 5.97 Å². The summed E-state index contributed by atoms with van der Waals surface area (Å²) < 4.78 is 13.0. The lowest BCUT2D eigenvalue weighted by atomic mass is 9.96. The van der Waals surface area contributed by atoms with Crippen LogP contribution in [0.2, 0.25) is 0 Å². The number of benzene rings is 1. The molecule has 1 amide bonds. The van der Waals surface area contributed by atoms with Gasteiger partial charge in [0.15, 0.2) is 0 Å². The molecule has 0 atom stereocenters. The Bertz CT molecular complexity index is 915. The molecule has 7 nitrogen and oxygen atoms in total. The van der Waals surface area contributed by atoms with Crippen LogP contribution < -0.4 is 10.1 Å². The third-order valence-electron chi connectivity index (χ3n) is 6.33. The third-order valence-corrected chi connectivity index (χ3v) is 6.33. The molecule has 2 aromatic rings. The number of piperidine rings is 1. The van der Waals surface area contributed by atoms with Gasteiger partial charge in [0, 0.05) is 24.9 Å². The van der Waals surface area contributed by atoms with Crippen LogP contribution in [-0.2, 0) is 16.1 Å². The molecule has 1 fully saturated rings. The number of esters is 1. The maximum absolute atomic E-state index is 13.1. The summed E-state index contributed by atoms with van der Waals surface area (Å²) in [4.78, 5) is 27.0. The van der Waals surface area contributed by atoms with Crippen LogP contribution in [0.25, 0.3) is 10.9 Å². The van der Waals surface area contributed by atoms with E-state index in [1.165, 1.54) is 0 Å². The molecule has 0 saturated carbocycles. The highest BCUT2D eigenvalue weighted by molar-refractivity contribution is 6.09. The average Bonchev–Trinajstić information content (AvgIpc) is 3.13. The van der Waals surface area contributed by atoms with E-state index in [1.54, 1.807) is 0 Å². The highest BCUT2D eigenvalue weighted by Gasteiger charge is 2.27. The second-order valence-electron chi connectivity index (χ2n) is 8.45. The fourth-order valence-electron chi connectivity index (χ4n) is 4.68. The summed E-state index contributed by atoms with van der Waals surface area (Å²) in [6, 6.07) is 8.05. The number of hydrogen-bond donors (Lipinski definition) is 1. The summed E-state index contributed by atoms with van der Waals surface area (Å²) in [5, 5.41) is 4.14. The van der Waals surface area contributed by atoms with Crippen LogP contribution in [0, 0.1) is 5.92 Å². The Morgan fingerprint density at radius 3 is 2.81 bits per heavy atom. The van der Waals surface area contributed by atoms with Gasteiger partial charge in [-0.05, 0) is 64.2 Å². The van der Waals surface area contributed by atoms with Crippen molar-refractivity contribution in [1.29, 1.82) is 0 Å². The molecule has 2 aliphatic heterocycles. The van der Waals surface area contributed by atoms with Crippen LogP contribution in [0.4, 0.5) is 0 Å². The van der Waals surface area contributed by atoms with Crippen molar-refractivity contribution in [2.45, 2.75) is 45.6 Å². The van der Waals surface area contributed by atoms with Crippen LogP contribution in [0.5, 0.6) is 5.88 Å². The number of amides is 1. The zero-order chi connectivity index (χ0) is 21.6. The van der Waals surface area contributed by atoms with E-state index in [9.17, 15) is 9.59 Å². The molecular weight excluding hydrogens is 394 g/mol. The minimum absolute atomic E-state index is 0.0382. The second kappa shape index (κ2) is 10.2. The number of carbonyl (C=O) groups excluding carboxylic acids is 2. The first-order chi connectivity index (χ1) is 15.2. The number of aryl methyl sites for hydroxylation is 1. The van der Waals surface area contributed by atoms with E-state index in [0.29, 0.717) is 43.5 Å². The number of fused-ring (bicyclic) bond motifs is 3. The Morgan fingerprint density at radius 2 is 2.00 bits per heavy atom. The van der Waals surface area contributed by atoms with Crippen LogP contribution >= 0.6 is 0 Å². The predicted molar refractivity (Wildman–Crippen MR) is 119 cm³/mol. The lowest BCUT2D eigenvalue weighted by Crippen LogP contribution is -2.39. The van der Waals surface area contributed by atoms with Crippen LogP contribution in [0.3, 0.4) is 0 Å². The first kappa shape index (κ1) is 21.7. The molecule has 2 aliphatic rings. The van der Waals surface area contributed by atoms with Gasteiger partial charge in [-0.2, -0.15) is 0 Å². The minimum Gasteiger partial charge on any atom is -0.478 e. The highest BCUT2D eigenvalue weighted by atomic mass is 16.5. The average molecular weight is 428 g/mol. The lowest BCUT2D eigenvalue weighted by molar-refractivity contribution is -0.143. The summed E-state index contributed by atoms with van der Waals surface area (Å²) in [6.07, 6.45) is 4.41. The van der Waals surface area contributed by atoms with Crippen molar-refractivity contribution in [3.05, 3.63) is 29.8 Å². The van der Waals surface area contributed by atoms with E-state index in [2.05, 4.69) is 20.9 Å². The molecule has 0 spiro atoms. The summed E-state index contributed by atoms with van der Waals surface area (Å²) >= 11 is 0. The number of likely N-dealkylation sites (tertiary alicyclic amines) is 1. The third kappa shape index (κ3) is 5.03. The first-order valence-corrected chi connectivity index (χ1v) is 11.6. The Morgan fingerprint density at radius 1 is 1.19 bits per heavy atom. The fraction of sp³-hybridized carbons (Fsp3) is 0.583. The minimum atomic E-state index is -0.107. The van der Waals surface area contributed by atoms with E-state index in [0.717, 1.165) is 62.8 Å². The number of nitrogens with zero attached hydrogens (tertiary/aromatic N) is 2. The fourth-order valence-corrected chi connectivity index (χ4v) is 4.68. The molecule has 1 aromatic carbocycles. The van der Waals surface area contributed by atoms with Gasteiger partial charge in [0.05, 0.1) is 18.7 Å². The lowest BCUT2D eigenvalue weighted by Gasteiger charge is -2.32. The van der Waals surface area contributed by atoms with Gasteiger partial charge in [-0.15, -0.1) is 0 Å². The van der Waals surface area contributed by atoms with E-state index in [-0.39, 0.29) is 11.9 Å². The Labute approximate surface area is 183 Å². The van der Waals surface area contributed by atoms with Crippen molar-refractivity contribution in [3.63, 3.8) is 0 Å². The Kier molecular flexibility index (Phi) is 7.12. The van der Waals surface area contributed by atoms with Crippen molar-refractivity contribution in [3.8, 4) is 5.88 Å². The number of carbonyl (C=O) groups is 2. The predicted octanol–water partition coefficient (Wildman–Crippen LogP) is 3.21. The molecular formula is C24H33N3O4. The van der Waals surface area contributed by atoms with Crippen LogP contribution in [0.1, 0.15) is 49.4 Å². The van der Waals surface area contributed by atoms with Gasteiger partial charge in [-0.3, -0.25) is 9.59 Å². The Hall–Kier alpha value is -2.54. The molecule has 0 unspecified atom stereocenters. The summed E-state index contributed by atoms with van der Waals surface area (Å²) in [5.41, 5.74) is 1.74. The zero-order valence-electron chi connectivity index (χ0n) is 18.4. The number of para-hydroxylation sites is 1. The van der Waals surface area contributed by atoms with Gasteiger partial charge in [0.1, 0.15) is 5.56 Å². The SMILES string of the molecule is CCOC(=O)CCCN1CCC(CNC(=O)c2c3n(c4ccccc24)CCCO3)CC1. The standard InChI is InChI=1S/C24H33N3O4/c1-2-30-21(28)9-5-12-26-14-10-18(11-15-26)17-25-23(29)22-19-7-3-4-8-20(19)27-13-6-16-31-24(22)27/h3-4,7-8,18H,2,5-6,9-17H2,1H3,(H,25,29). The van der Waals surface area contributed by atoms with Crippen LogP contribution in [-0.4, -0.2) is 60.7 Å². The van der Waals surface area contributed by atoms with Crippen LogP contribution in [0.15, 0.2) is 24.3 Å². The van der Waals surface area contributed by atoms with Gasteiger partial charge in [0.2, 0.25) is 5.88 Å². The number of ether oxygens (including phenoxy) is 2. The monoisotopic (exact) mass is 427 g/mol. The number of rotatable bonds is 8. The molecule has 0 radical (unpaired) electrons. The highest BCUT2D eigenvalue weighted by Crippen LogP contribution is 2.34. The molecule has 0 aliphatic carbocycles. The molecule has 168 valence electrons. The maximum Gasteiger partial charge on any atom is 0.305 e. The largest absolute Gasteiger partial charge is 0.478 e. The first-order valence-electron chi connectivity index (χ1n) is 11.6. The quantitative estimate of drug-likeness (QED) is 0.655. The molecule has 0 bridgehead atoms. The van der Waals surface area contributed by atoms with Gasteiger partial charge < -0.3 is 24.3 Å². The van der Waals surface area contributed by atoms with E-state index in [4.69, 9.17) is 9.47 Å². The maximum atomic E-state index is 13.1.